The summed E-state index contributed by atoms with van der Waals surface area (Å²) in [6, 6.07) is 0. The molecular formula is C16H26Cl2N6O3. The number of nitrogens with one attached hydrogen (secondary N) is 1. The van der Waals surface area contributed by atoms with Crippen molar-refractivity contribution in [2.24, 2.45) is 5.92 Å². The SMILES string of the molecule is Cl.Cl.O=C(O)C1CN(CC(=O)N2CCNCC2)CCN(c2cnccn2)C1. The van der Waals surface area contributed by atoms with Crippen LogP contribution < -0.4 is 10.2 Å². The lowest BCUT2D eigenvalue weighted by atomic mass is 10.1. The minimum Gasteiger partial charge on any atom is -0.481 e. The van der Waals surface area contributed by atoms with Crippen LogP contribution in [0, 0.1) is 5.92 Å². The van der Waals surface area contributed by atoms with Gasteiger partial charge in [-0.25, -0.2) is 4.98 Å². The molecule has 0 saturated carbocycles. The van der Waals surface area contributed by atoms with Gasteiger partial charge in [0.1, 0.15) is 5.82 Å². The number of piperazine rings is 1. The number of aliphatic carboxylic acids is 1. The fraction of sp³-hybridized carbons (Fsp3) is 0.625. The average molecular weight is 421 g/mol. The Balaban J connectivity index is 0.00000182. The number of hydrogen-bond acceptors (Lipinski definition) is 7. The zero-order valence-electron chi connectivity index (χ0n) is 15.0. The molecule has 2 fully saturated rings. The van der Waals surface area contributed by atoms with Gasteiger partial charge in [0.25, 0.3) is 0 Å². The standard InChI is InChI=1S/C16H24N6O3.2ClH/c23-15(21-5-3-17-4-6-21)12-20-7-8-22(11-13(10-20)16(24)25)14-9-18-1-2-19-14;;/h1-2,9,13,17H,3-8,10-12H2,(H,24,25);2*1H. The number of nitrogens with zero attached hydrogens (tertiary/aromatic N) is 5. The molecule has 0 aromatic carbocycles. The van der Waals surface area contributed by atoms with Crippen molar-refractivity contribution in [2.75, 3.05) is 63.8 Å². The Labute approximate surface area is 170 Å². The quantitative estimate of drug-likeness (QED) is 0.676. The van der Waals surface area contributed by atoms with Crippen molar-refractivity contribution in [1.29, 1.82) is 0 Å². The van der Waals surface area contributed by atoms with E-state index in [2.05, 4.69) is 15.3 Å². The zero-order chi connectivity index (χ0) is 17.6. The van der Waals surface area contributed by atoms with E-state index in [1.165, 1.54) is 0 Å². The highest BCUT2D eigenvalue weighted by Gasteiger charge is 2.30. The molecule has 9 nitrogen and oxygen atoms in total. The van der Waals surface area contributed by atoms with Crippen molar-refractivity contribution in [3.8, 4) is 0 Å². The minimum atomic E-state index is -0.851. The molecule has 11 heteroatoms. The highest BCUT2D eigenvalue weighted by Crippen LogP contribution is 2.16. The van der Waals surface area contributed by atoms with Crippen LogP contribution in [-0.2, 0) is 9.59 Å². The molecule has 152 valence electrons. The van der Waals surface area contributed by atoms with Gasteiger partial charge in [0.05, 0.1) is 18.7 Å². The van der Waals surface area contributed by atoms with E-state index in [1.807, 2.05) is 14.7 Å². The second-order valence-electron chi connectivity index (χ2n) is 6.41. The third kappa shape index (κ3) is 6.46. The van der Waals surface area contributed by atoms with E-state index in [-0.39, 0.29) is 37.3 Å². The summed E-state index contributed by atoms with van der Waals surface area (Å²) < 4.78 is 0. The first-order chi connectivity index (χ1) is 12.1. The molecule has 1 atom stereocenters. The monoisotopic (exact) mass is 420 g/mol. The van der Waals surface area contributed by atoms with Crippen molar-refractivity contribution in [1.82, 2.24) is 25.1 Å². The summed E-state index contributed by atoms with van der Waals surface area (Å²) in [6.45, 7) is 5.28. The third-order valence-corrected chi connectivity index (χ3v) is 4.66. The number of hydrogen-bond donors (Lipinski definition) is 2. The molecule has 1 aromatic heterocycles. The molecule has 1 unspecified atom stereocenters. The van der Waals surface area contributed by atoms with Gasteiger partial charge in [0.2, 0.25) is 5.91 Å². The molecule has 2 saturated heterocycles. The molecule has 0 spiro atoms. The molecule has 0 bridgehead atoms. The van der Waals surface area contributed by atoms with E-state index >= 15 is 0 Å². The first kappa shape index (κ1) is 23.4. The van der Waals surface area contributed by atoms with Gasteiger partial charge in [0, 0.05) is 64.8 Å². The van der Waals surface area contributed by atoms with Crippen LogP contribution >= 0.6 is 24.8 Å². The van der Waals surface area contributed by atoms with Gasteiger partial charge in [-0.1, -0.05) is 0 Å². The second kappa shape index (κ2) is 11.2. The Kier molecular flexibility index (Phi) is 9.71. The first-order valence-electron chi connectivity index (χ1n) is 8.58. The van der Waals surface area contributed by atoms with Gasteiger partial charge in [-0.2, -0.15) is 0 Å². The minimum absolute atomic E-state index is 0. The zero-order valence-corrected chi connectivity index (χ0v) is 16.6. The summed E-state index contributed by atoms with van der Waals surface area (Å²) in [7, 11) is 0. The van der Waals surface area contributed by atoms with Crippen LogP contribution in [0.15, 0.2) is 18.6 Å². The maximum atomic E-state index is 12.5. The van der Waals surface area contributed by atoms with Crippen LogP contribution in [0.25, 0.3) is 0 Å². The van der Waals surface area contributed by atoms with Crippen molar-refractivity contribution < 1.29 is 14.7 Å². The molecule has 27 heavy (non-hydrogen) atoms. The maximum Gasteiger partial charge on any atom is 0.309 e. The van der Waals surface area contributed by atoms with Crippen molar-refractivity contribution >= 4 is 42.5 Å². The van der Waals surface area contributed by atoms with Crippen LogP contribution in [0.1, 0.15) is 0 Å². The van der Waals surface area contributed by atoms with E-state index in [1.54, 1.807) is 18.6 Å². The summed E-state index contributed by atoms with van der Waals surface area (Å²) in [6.07, 6.45) is 4.83. The number of carbonyl (C=O) groups is 2. The van der Waals surface area contributed by atoms with Crippen molar-refractivity contribution in [2.45, 2.75) is 0 Å². The van der Waals surface area contributed by atoms with Crippen LogP contribution in [0.3, 0.4) is 0 Å². The van der Waals surface area contributed by atoms with Gasteiger partial charge in [0.15, 0.2) is 0 Å². The van der Waals surface area contributed by atoms with Gasteiger partial charge >= 0.3 is 5.97 Å². The lowest BCUT2D eigenvalue weighted by Crippen LogP contribution is -2.50. The number of halogens is 2. The van der Waals surface area contributed by atoms with E-state index < -0.39 is 11.9 Å². The number of amides is 1. The predicted octanol–water partition coefficient (Wildman–Crippen LogP) is -0.425. The maximum absolute atomic E-state index is 12.5. The summed E-state index contributed by atoms with van der Waals surface area (Å²) in [5, 5.41) is 12.8. The Morgan fingerprint density at radius 3 is 2.48 bits per heavy atom. The molecule has 1 amide bonds. The van der Waals surface area contributed by atoms with E-state index in [9.17, 15) is 14.7 Å². The topological polar surface area (TPSA) is 102 Å². The van der Waals surface area contributed by atoms with E-state index in [4.69, 9.17) is 0 Å². The summed E-state index contributed by atoms with van der Waals surface area (Å²) in [4.78, 5) is 38.1. The fourth-order valence-corrected chi connectivity index (χ4v) is 3.25. The van der Waals surface area contributed by atoms with E-state index in [0.717, 1.165) is 13.1 Å². The molecule has 2 aliphatic heterocycles. The van der Waals surface area contributed by atoms with Crippen molar-refractivity contribution in [3.05, 3.63) is 18.6 Å². The molecule has 1 aromatic rings. The molecule has 0 radical (unpaired) electrons. The number of rotatable bonds is 4. The van der Waals surface area contributed by atoms with E-state index in [0.29, 0.717) is 45.1 Å². The van der Waals surface area contributed by atoms with Gasteiger partial charge in [-0.3, -0.25) is 19.5 Å². The summed E-state index contributed by atoms with van der Waals surface area (Å²) in [5.74, 6) is -0.682. The van der Waals surface area contributed by atoms with Crippen LogP contribution in [-0.4, -0.2) is 95.7 Å². The normalized spacial score (nSPS) is 20.8. The van der Waals surface area contributed by atoms with Crippen LogP contribution in [0.2, 0.25) is 0 Å². The second-order valence-corrected chi connectivity index (χ2v) is 6.41. The molecule has 3 rings (SSSR count). The smallest absolute Gasteiger partial charge is 0.309 e. The Hall–Kier alpha value is -1.68. The predicted molar refractivity (Wildman–Crippen MR) is 106 cm³/mol. The molecular weight excluding hydrogens is 395 g/mol. The summed E-state index contributed by atoms with van der Waals surface area (Å²) in [5.41, 5.74) is 0. The lowest BCUT2D eigenvalue weighted by Gasteiger charge is -2.30. The molecule has 2 N–H and O–H groups in total. The average Bonchev–Trinajstić information content (AvgIpc) is 2.86. The Bertz CT molecular complexity index is 603. The van der Waals surface area contributed by atoms with Gasteiger partial charge in [-0.15, -0.1) is 24.8 Å². The van der Waals surface area contributed by atoms with Gasteiger partial charge < -0.3 is 20.2 Å². The number of anilines is 1. The Morgan fingerprint density at radius 2 is 1.85 bits per heavy atom. The fourth-order valence-electron chi connectivity index (χ4n) is 3.25. The number of aromatic nitrogens is 2. The van der Waals surface area contributed by atoms with Crippen LogP contribution in [0.4, 0.5) is 5.82 Å². The number of carbonyl (C=O) groups excluding carboxylic acids is 1. The van der Waals surface area contributed by atoms with Crippen LogP contribution in [0.5, 0.6) is 0 Å². The highest BCUT2D eigenvalue weighted by atomic mass is 35.5. The summed E-state index contributed by atoms with van der Waals surface area (Å²) >= 11 is 0. The highest BCUT2D eigenvalue weighted by molar-refractivity contribution is 5.85. The largest absolute Gasteiger partial charge is 0.481 e. The Morgan fingerprint density at radius 1 is 1.11 bits per heavy atom. The van der Waals surface area contributed by atoms with Crippen molar-refractivity contribution in [3.63, 3.8) is 0 Å². The molecule has 3 heterocycles. The first-order valence-corrected chi connectivity index (χ1v) is 8.58. The van der Waals surface area contributed by atoms with Gasteiger partial charge in [-0.05, 0) is 0 Å². The number of carboxylic acid groups (broad SMARTS) is 1. The number of carboxylic acids is 1. The lowest BCUT2D eigenvalue weighted by molar-refractivity contribution is -0.142. The third-order valence-electron chi connectivity index (χ3n) is 4.66. The molecule has 2 aliphatic rings. The molecule has 0 aliphatic carbocycles.